The number of likely N-dealkylation sites (tertiary alicyclic amines) is 1. The Morgan fingerprint density at radius 1 is 1.07 bits per heavy atom. The summed E-state index contributed by atoms with van der Waals surface area (Å²) in [5.74, 6) is -1.03. The lowest BCUT2D eigenvalue weighted by molar-refractivity contribution is -0.132. The summed E-state index contributed by atoms with van der Waals surface area (Å²) in [6.07, 6.45) is 9.16. The van der Waals surface area contributed by atoms with Gasteiger partial charge in [-0.25, -0.2) is 4.79 Å². The normalized spacial score (nSPS) is 16.3. The Kier molecular flexibility index (Phi) is 19.6. The Bertz CT molecular complexity index is 497. The molecule has 2 atom stereocenters. The van der Waals surface area contributed by atoms with E-state index in [1.165, 1.54) is 52.1 Å². The van der Waals surface area contributed by atoms with Crippen molar-refractivity contribution >= 4 is 18.2 Å². The zero-order valence-electron chi connectivity index (χ0n) is 20.4. The molecule has 0 aliphatic carbocycles. The second kappa shape index (κ2) is 19.3. The Morgan fingerprint density at radius 3 is 2.00 bits per heavy atom. The van der Waals surface area contributed by atoms with E-state index in [0.717, 1.165) is 6.04 Å². The molecule has 0 saturated carbocycles. The number of ketones is 1. The molecule has 1 heterocycles. The van der Waals surface area contributed by atoms with E-state index in [1.54, 1.807) is 6.08 Å². The average Bonchev–Trinajstić information content (AvgIpc) is 2.72. The molecule has 1 fully saturated rings. The Balaban J connectivity index is 0. The van der Waals surface area contributed by atoms with Crippen LogP contribution in [0.2, 0.25) is 0 Å². The van der Waals surface area contributed by atoms with E-state index >= 15 is 0 Å². The Morgan fingerprint density at radius 2 is 1.60 bits per heavy atom. The Labute approximate surface area is 184 Å². The smallest absolute Gasteiger partial charge is 0.330 e. The van der Waals surface area contributed by atoms with E-state index in [-0.39, 0.29) is 36.2 Å². The molecular formula is C24H46N2O4. The first-order chi connectivity index (χ1) is 14.1. The van der Waals surface area contributed by atoms with Crippen LogP contribution in [0.5, 0.6) is 0 Å². The highest BCUT2D eigenvalue weighted by Gasteiger charge is 2.17. The fourth-order valence-corrected chi connectivity index (χ4v) is 2.99. The number of hydrogen-bond donors (Lipinski definition) is 2. The van der Waals surface area contributed by atoms with Gasteiger partial charge in [-0.15, -0.1) is 0 Å². The first kappa shape index (κ1) is 30.5. The summed E-state index contributed by atoms with van der Waals surface area (Å²) in [7, 11) is 0. The average molecular weight is 427 g/mol. The maximum atomic E-state index is 11.5. The summed E-state index contributed by atoms with van der Waals surface area (Å²) in [5, 5.41) is 11.1. The number of carbonyl (C=O) groups is 3. The van der Waals surface area contributed by atoms with E-state index in [9.17, 15) is 14.4 Å². The van der Waals surface area contributed by atoms with Gasteiger partial charge in [-0.05, 0) is 58.0 Å². The van der Waals surface area contributed by atoms with E-state index in [4.69, 9.17) is 5.11 Å². The summed E-state index contributed by atoms with van der Waals surface area (Å²) >= 11 is 0. The predicted octanol–water partition coefficient (Wildman–Crippen LogP) is 4.68. The third-order valence-electron chi connectivity index (χ3n) is 5.11. The van der Waals surface area contributed by atoms with Gasteiger partial charge in [0.25, 0.3) is 0 Å². The number of piperidine rings is 1. The summed E-state index contributed by atoms with van der Waals surface area (Å²) in [6, 6.07) is 0.820. The molecule has 0 radical (unpaired) electrons. The van der Waals surface area contributed by atoms with Gasteiger partial charge in [0.1, 0.15) is 0 Å². The van der Waals surface area contributed by atoms with Gasteiger partial charge >= 0.3 is 5.97 Å². The minimum absolute atomic E-state index is 0.00726. The van der Waals surface area contributed by atoms with Crippen LogP contribution in [0.25, 0.3) is 0 Å². The number of rotatable bonds is 10. The molecule has 1 saturated heterocycles. The highest BCUT2D eigenvalue weighted by molar-refractivity contribution is 5.86. The molecule has 0 aromatic heterocycles. The first-order valence-corrected chi connectivity index (χ1v) is 11.5. The quantitative estimate of drug-likeness (QED) is 0.391. The van der Waals surface area contributed by atoms with Crippen LogP contribution in [0.4, 0.5) is 0 Å². The number of aliphatic carboxylic acids is 1. The van der Waals surface area contributed by atoms with Gasteiger partial charge in [0, 0.05) is 18.0 Å². The SMILES string of the molecule is C/C(=C\[C@@H](CC(=O)CNC=O)C(C)C)C(=O)O.CCC.CCC(C)N1CCCCC1. The van der Waals surface area contributed by atoms with Gasteiger partial charge in [-0.1, -0.05) is 53.5 Å². The molecule has 30 heavy (non-hydrogen) atoms. The number of amides is 1. The van der Waals surface area contributed by atoms with Gasteiger partial charge in [0.15, 0.2) is 5.78 Å². The zero-order valence-corrected chi connectivity index (χ0v) is 20.4. The van der Waals surface area contributed by atoms with Gasteiger partial charge < -0.3 is 15.3 Å². The monoisotopic (exact) mass is 426 g/mol. The van der Waals surface area contributed by atoms with Crippen LogP contribution in [0.15, 0.2) is 11.6 Å². The van der Waals surface area contributed by atoms with Crippen LogP contribution in [-0.2, 0) is 14.4 Å². The number of carbonyl (C=O) groups excluding carboxylic acids is 2. The summed E-state index contributed by atoms with van der Waals surface area (Å²) in [4.78, 5) is 34.8. The number of carboxylic acid groups (broad SMARTS) is 1. The van der Waals surface area contributed by atoms with E-state index in [2.05, 4.69) is 37.9 Å². The van der Waals surface area contributed by atoms with Crippen molar-refractivity contribution in [2.45, 2.75) is 93.0 Å². The fraction of sp³-hybridized carbons (Fsp3) is 0.792. The molecule has 2 N–H and O–H groups in total. The van der Waals surface area contributed by atoms with Crippen LogP contribution in [0.3, 0.4) is 0 Å². The van der Waals surface area contributed by atoms with E-state index in [1.807, 2.05) is 13.8 Å². The molecule has 0 aromatic rings. The minimum atomic E-state index is -0.978. The van der Waals surface area contributed by atoms with Crippen LogP contribution in [0, 0.1) is 11.8 Å². The van der Waals surface area contributed by atoms with Gasteiger partial charge in [0.2, 0.25) is 6.41 Å². The number of allylic oxidation sites excluding steroid dienone is 1. The third kappa shape index (κ3) is 16.1. The van der Waals surface area contributed by atoms with Crippen molar-refractivity contribution in [1.29, 1.82) is 0 Å². The standard InChI is InChI=1S/C12H19NO4.C9H19N.C3H8/c1-8(2)10(4-9(3)12(16)17)5-11(15)6-13-7-14;1-3-9(2)10-7-5-4-6-8-10;1-3-2/h4,7-8,10H,5-6H2,1-3H3,(H,13,14)(H,16,17);9H,3-8H2,1-2H3;3H2,1-2H3/b9-4+;;/t10-;;/m0../s1. The number of nitrogens with one attached hydrogen (secondary N) is 1. The predicted molar refractivity (Wildman–Crippen MR) is 125 cm³/mol. The molecular weight excluding hydrogens is 380 g/mol. The third-order valence-corrected chi connectivity index (χ3v) is 5.11. The maximum absolute atomic E-state index is 11.5. The van der Waals surface area contributed by atoms with Crippen LogP contribution < -0.4 is 5.32 Å². The largest absolute Gasteiger partial charge is 0.478 e. The molecule has 0 aromatic carbocycles. The van der Waals surface area contributed by atoms with Crippen molar-refractivity contribution in [1.82, 2.24) is 10.2 Å². The summed E-state index contributed by atoms with van der Waals surface area (Å²) < 4.78 is 0. The molecule has 0 bridgehead atoms. The zero-order chi connectivity index (χ0) is 23.5. The van der Waals surface area contributed by atoms with E-state index < -0.39 is 5.97 Å². The highest BCUT2D eigenvalue weighted by Crippen LogP contribution is 2.19. The second-order valence-electron chi connectivity index (χ2n) is 8.37. The van der Waals surface area contributed by atoms with Crippen molar-refractivity contribution in [3.05, 3.63) is 11.6 Å². The summed E-state index contributed by atoms with van der Waals surface area (Å²) in [5.41, 5.74) is 0.236. The van der Waals surface area contributed by atoms with Gasteiger partial charge in [-0.3, -0.25) is 9.59 Å². The number of nitrogens with zero attached hydrogens (tertiary/aromatic N) is 1. The van der Waals surface area contributed by atoms with Crippen molar-refractivity contribution < 1.29 is 19.5 Å². The topological polar surface area (TPSA) is 86.7 Å². The molecule has 1 aliphatic heterocycles. The molecule has 6 heteroatoms. The Hall–Kier alpha value is -1.69. The lowest BCUT2D eigenvalue weighted by Gasteiger charge is -2.31. The van der Waals surface area contributed by atoms with Crippen molar-refractivity contribution in [3.63, 3.8) is 0 Å². The van der Waals surface area contributed by atoms with Crippen LogP contribution in [0.1, 0.15) is 87.0 Å². The second-order valence-corrected chi connectivity index (χ2v) is 8.37. The van der Waals surface area contributed by atoms with Crippen molar-refractivity contribution in [2.75, 3.05) is 19.6 Å². The molecule has 0 spiro atoms. The van der Waals surface area contributed by atoms with Crippen molar-refractivity contribution in [2.24, 2.45) is 11.8 Å². The van der Waals surface area contributed by atoms with Crippen LogP contribution in [-0.4, -0.2) is 53.8 Å². The van der Waals surface area contributed by atoms with Gasteiger partial charge in [0.05, 0.1) is 6.54 Å². The van der Waals surface area contributed by atoms with Gasteiger partial charge in [-0.2, -0.15) is 0 Å². The van der Waals surface area contributed by atoms with Crippen LogP contribution >= 0.6 is 0 Å². The lowest BCUT2D eigenvalue weighted by Crippen LogP contribution is -2.36. The lowest BCUT2D eigenvalue weighted by atomic mass is 9.89. The van der Waals surface area contributed by atoms with E-state index in [0.29, 0.717) is 6.41 Å². The molecule has 1 amide bonds. The fourth-order valence-electron chi connectivity index (χ4n) is 2.99. The number of Topliss-reactive ketones (excluding diaryl/α,β-unsaturated/α-hetero) is 1. The number of carboxylic acids is 1. The molecule has 6 nitrogen and oxygen atoms in total. The highest BCUT2D eigenvalue weighted by atomic mass is 16.4. The molecule has 1 rings (SSSR count). The molecule has 1 unspecified atom stereocenters. The molecule has 1 aliphatic rings. The minimum Gasteiger partial charge on any atom is -0.478 e. The maximum Gasteiger partial charge on any atom is 0.330 e. The summed E-state index contributed by atoms with van der Waals surface area (Å²) in [6.45, 7) is 16.9. The number of hydrogen-bond acceptors (Lipinski definition) is 4. The molecule has 176 valence electrons. The first-order valence-electron chi connectivity index (χ1n) is 11.5. The van der Waals surface area contributed by atoms with Crippen molar-refractivity contribution in [3.8, 4) is 0 Å².